The van der Waals surface area contributed by atoms with E-state index in [-0.39, 0.29) is 11.2 Å². The number of aryl methyl sites for hydroxylation is 1. The molecular formula is C14H23N5OS. The molecule has 0 aliphatic heterocycles. The van der Waals surface area contributed by atoms with Gasteiger partial charge >= 0.3 is 0 Å². The Balaban J connectivity index is 1.74. The molecule has 1 aliphatic carbocycles. The van der Waals surface area contributed by atoms with Crippen LogP contribution in [0.2, 0.25) is 0 Å². The molecule has 0 fully saturated rings. The fourth-order valence-corrected chi connectivity index (χ4v) is 3.10. The summed E-state index contributed by atoms with van der Waals surface area (Å²) in [5, 5.41) is 11.1. The van der Waals surface area contributed by atoms with Crippen LogP contribution in [-0.4, -0.2) is 32.6 Å². The highest BCUT2D eigenvalue weighted by Crippen LogP contribution is 2.21. The van der Waals surface area contributed by atoms with Crippen LogP contribution in [-0.2, 0) is 4.79 Å². The fourth-order valence-electron chi connectivity index (χ4n) is 2.26. The maximum Gasteiger partial charge on any atom is 0.233 e. The van der Waals surface area contributed by atoms with Crippen molar-refractivity contribution in [2.24, 2.45) is 0 Å². The van der Waals surface area contributed by atoms with Gasteiger partial charge in [0.2, 0.25) is 11.1 Å². The first-order chi connectivity index (χ1) is 10.1. The summed E-state index contributed by atoms with van der Waals surface area (Å²) in [7, 11) is 0. The molecule has 0 unspecified atom stereocenters. The number of thioether (sulfide) groups is 1. The lowest BCUT2D eigenvalue weighted by molar-refractivity contribution is -0.120. The SMILES string of the molecule is Cc1nnc(S[C@H](C)C(=O)NCCC2=CCCCC2)n1N. The molecule has 1 aromatic heterocycles. The van der Waals surface area contributed by atoms with E-state index in [0.717, 1.165) is 6.42 Å². The Bertz CT molecular complexity index is 525. The molecule has 0 radical (unpaired) electrons. The number of nitrogen functional groups attached to an aromatic ring is 1. The molecule has 1 atom stereocenters. The Morgan fingerprint density at radius 2 is 2.33 bits per heavy atom. The summed E-state index contributed by atoms with van der Waals surface area (Å²) in [5.41, 5.74) is 1.47. The standard InChI is InChI=1S/C14H23N5OS/c1-10(21-14-18-17-11(2)19(14)15)13(20)16-9-8-12-6-4-3-5-7-12/h6,10H,3-5,7-9,15H2,1-2H3,(H,16,20)/t10-/m1/s1. The third-order valence-corrected chi connectivity index (χ3v) is 4.67. The van der Waals surface area contributed by atoms with E-state index >= 15 is 0 Å². The van der Waals surface area contributed by atoms with Crippen LogP contribution in [0.15, 0.2) is 16.8 Å². The summed E-state index contributed by atoms with van der Waals surface area (Å²) in [6.45, 7) is 4.33. The molecule has 2 rings (SSSR count). The number of nitrogens with one attached hydrogen (secondary N) is 1. The number of rotatable bonds is 6. The normalized spacial score (nSPS) is 16.4. The van der Waals surface area contributed by atoms with Crippen LogP contribution in [0.5, 0.6) is 0 Å². The number of nitrogens with two attached hydrogens (primary N) is 1. The summed E-state index contributed by atoms with van der Waals surface area (Å²) < 4.78 is 1.40. The molecule has 6 nitrogen and oxygen atoms in total. The van der Waals surface area contributed by atoms with E-state index in [1.54, 1.807) is 6.92 Å². The second-order valence-corrected chi connectivity index (χ2v) is 6.62. The van der Waals surface area contributed by atoms with Gasteiger partial charge in [-0.2, -0.15) is 0 Å². The van der Waals surface area contributed by atoms with Crippen molar-refractivity contribution < 1.29 is 4.79 Å². The Hall–Kier alpha value is -1.50. The van der Waals surface area contributed by atoms with Crippen molar-refractivity contribution >= 4 is 17.7 Å². The minimum atomic E-state index is -0.240. The molecule has 0 saturated carbocycles. The van der Waals surface area contributed by atoms with Crippen molar-refractivity contribution in [3.63, 3.8) is 0 Å². The van der Waals surface area contributed by atoms with Gasteiger partial charge in [-0.25, -0.2) is 4.68 Å². The molecule has 7 heteroatoms. The van der Waals surface area contributed by atoms with Gasteiger partial charge in [0.1, 0.15) is 5.82 Å². The van der Waals surface area contributed by atoms with E-state index in [1.807, 2.05) is 6.92 Å². The van der Waals surface area contributed by atoms with Crippen LogP contribution in [0.25, 0.3) is 0 Å². The number of hydrogen-bond acceptors (Lipinski definition) is 5. The van der Waals surface area contributed by atoms with Crippen LogP contribution in [0, 0.1) is 6.92 Å². The maximum atomic E-state index is 12.1. The minimum Gasteiger partial charge on any atom is -0.355 e. The minimum absolute atomic E-state index is 0.0112. The average molecular weight is 309 g/mol. The average Bonchev–Trinajstić information content (AvgIpc) is 2.80. The Morgan fingerprint density at radius 1 is 1.52 bits per heavy atom. The lowest BCUT2D eigenvalue weighted by Crippen LogP contribution is -2.32. The second kappa shape index (κ2) is 7.49. The molecule has 3 N–H and O–H groups in total. The van der Waals surface area contributed by atoms with Gasteiger partial charge < -0.3 is 11.2 Å². The Kier molecular flexibility index (Phi) is 5.67. The van der Waals surface area contributed by atoms with E-state index in [0.29, 0.717) is 17.5 Å². The van der Waals surface area contributed by atoms with Crippen molar-refractivity contribution in [2.45, 2.75) is 56.4 Å². The van der Waals surface area contributed by atoms with Crippen LogP contribution in [0.3, 0.4) is 0 Å². The van der Waals surface area contributed by atoms with Crippen LogP contribution in [0.4, 0.5) is 0 Å². The highest BCUT2D eigenvalue weighted by molar-refractivity contribution is 8.00. The maximum absolute atomic E-state index is 12.1. The number of allylic oxidation sites excluding steroid dienone is 1. The van der Waals surface area contributed by atoms with Crippen molar-refractivity contribution in [2.75, 3.05) is 12.4 Å². The van der Waals surface area contributed by atoms with E-state index in [4.69, 9.17) is 5.84 Å². The summed E-state index contributed by atoms with van der Waals surface area (Å²) >= 11 is 1.32. The van der Waals surface area contributed by atoms with Gasteiger partial charge in [0.05, 0.1) is 5.25 Å². The lowest BCUT2D eigenvalue weighted by Gasteiger charge is -2.14. The summed E-state index contributed by atoms with van der Waals surface area (Å²) in [4.78, 5) is 12.1. The third-order valence-electron chi connectivity index (χ3n) is 3.62. The summed E-state index contributed by atoms with van der Waals surface area (Å²) in [5.74, 6) is 6.43. The van der Waals surface area contributed by atoms with Crippen LogP contribution >= 0.6 is 11.8 Å². The first-order valence-corrected chi connectivity index (χ1v) is 8.25. The van der Waals surface area contributed by atoms with Crippen molar-refractivity contribution in [3.05, 3.63) is 17.5 Å². The number of aromatic nitrogens is 3. The predicted octanol–water partition coefficient (Wildman–Crippen LogP) is 1.79. The molecule has 1 heterocycles. The quantitative estimate of drug-likeness (QED) is 0.475. The van der Waals surface area contributed by atoms with E-state index < -0.39 is 0 Å². The van der Waals surface area contributed by atoms with E-state index in [1.165, 1.54) is 47.7 Å². The third kappa shape index (κ3) is 4.49. The summed E-state index contributed by atoms with van der Waals surface area (Å²) in [6, 6.07) is 0. The molecular weight excluding hydrogens is 286 g/mol. The van der Waals surface area contributed by atoms with Gasteiger partial charge in [0, 0.05) is 6.54 Å². The van der Waals surface area contributed by atoms with Crippen molar-refractivity contribution in [1.29, 1.82) is 0 Å². The Labute approximate surface area is 129 Å². The fraction of sp³-hybridized carbons (Fsp3) is 0.643. The highest BCUT2D eigenvalue weighted by atomic mass is 32.2. The van der Waals surface area contributed by atoms with Gasteiger partial charge in [-0.3, -0.25) is 4.79 Å². The van der Waals surface area contributed by atoms with Crippen LogP contribution in [0.1, 0.15) is 44.9 Å². The first-order valence-electron chi connectivity index (χ1n) is 7.37. The molecule has 0 saturated heterocycles. The molecule has 21 heavy (non-hydrogen) atoms. The molecule has 1 aliphatic rings. The molecule has 0 bridgehead atoms. The molecule has 0 aromatic carbocycles. The zero-order valence-corrected chi connectivity index (χ0v) is 13.4. The lowest BCUT2D eigenvalue weighted by atomic mass is 9.97. The zero-order chi connectivity index (χ0) is 15.2. The molecule has 116 valence electrons. The smallest absolute Gasteiger partial charge is 0.233 e. The second-order valence-electron chi connectivity index (χ2n) is 5.31. The van der Waals surface area contributed by atoms with Crippen molar-refractivity contribution in [1.82, 2.24) is 20.2 Å². The van der Waals surface area contributed by atoms with Gasteiger partial charge in [-0.1, -0.05) is 23.4 Å². The van der Waals surface area contributed by atoms with Crippen LogP contribution < -0.4 is 11.2 Å². The summed E-state index contributed by atoms with van der Waals surface area (Å²) in [6.07, 6.45) is 8.19. The Morgan fingerprint density at radius 3 is 2.95 bits per heavy atom. The highest BCUT2D eigenvalue weighted by Gasteiger charge is 2.18. The van der Waals surface area contributed by atoms with Gasteiger partial charge in [0.25, 0.3) is 0 Å². The molecule has 0 spiro atoms. The van der Waals surface area contributed by atoms with Gasteiger partial charge in [-0.15, -0.1) is 10.2 Å². The van der Waals surface area contributed by atoms with Crippen molar-refractivity contribution in [3.8, 4) is 0 Å². The number of carbonyl (C=O) groups excluding carboxylic acids is 1. The largest absolute Gasteiger partial charge is 0.355 e. The number of hydrogen-bond donors (Lipinski definition) is 2. The van der Waals surface area contributed by atoms with E-state index in [9.17, 15) is 4.79 Å². The number of nitrogens with zero attached hydrogens (tertiary/aromatic N) is 3. The van der Waals surface area contributed by atoms with Gasteiger partial charge in [-0.05, 0) is 46.0 Å². The monoisotopic (exact) mass is 309 g/mol. The number of carbonyl (C=O) groups is 1. The van der Waals surface area contributed by atoms with Gasteiger partial charge in [0.15, 0.2) is 0 Å². The topological polar surface area (TPSA) is 85.8 Å². The zero-order valence-electron chi connectivity index (χ0n) is 12.6. The number of amides is 1. The predicted molar refractivity (Wildman–Crippen MR) is 84.4 cm³/mol. The first kappa shape index (κ1) is 15.9. The molecule has 1 aromatic rings. The van der Waals surface area contributed by atoms with E-state index in [2.05, 4.69) is 21.6 Å². The molecule has 1 amide bonds.